The second-order valence-electron chi connectivity index (χ2n) is 5.43. The molecule has 0 spiro atoms. The molecule has 0 N–H and O–H groups in total. The van der Waals surface area contributed by atoms with Gasteiger partial charge in [-0.3, -0.25) is 0 Å². The summed E-state index contributed by atoms with van der Waals surface area (Å²) in [4.78, 5) is 0. The molecule has 0 saturated carbocycles. The minimum Gasteiger partial charge on any atom is -0.373 e. The Bertz CT molecular complexity index is 546. The fourth-order valence-electron chi connectivity index (χ4n) is 3.09. The lowest BCUT2D eigenvalue weighted by Gasteiger charge is -2.19. The largest absolute Gasteiger partial charge is 0.373 e. The van der Waals surface area contributed by atoms with Crippen LogP contribution in [0.5, 0.6) is 0 Å². The van der Waals surface area contributed by atoms with Crippen LogP contribution < -0.4 is 0 Å². The Kier molecular flexibility index (Phi) is 3.98. The molecular weight excluding hydrogens is 244 g/mol. The van der Waals surface area contributed by atoms with Crippen LogP contribution in [0.2, 0.25) is 0 Å². The van der Waals surface area contributed by atoms with E-state index in [1.165, 1.54) is 11.1 Å². The van der Waals surface area contributed by atoms with E-state index < -0.39 is 0 Å². The second-order valence-corrected chi connectivity index (χ2v) is 5.43. The van der Waals surface area contributed by atoms with Gasteiger partial charge in [0, 0.05) is 5.92 Å². The van der Waals surface area contributed by atoms with Crippen LogP contribution in [0.25, 0.3) is 0 Å². The molecule has 0 radical (unpaired) electrons. The lowest BCUT2D eigenvalue weighted by atomic mass is 9.84. The van der Waals surface area contributed by atoms with E-state index in [9.17, 15) is 0 Å². The molecule has 3 rings (SSSR count). The van der Waals surface area contributed by atoms with Gasteiger partial charge < -0.3 is 4.74 Å². The average molecular weight is 264 g/mol. The average Bonchev–Trinajstić information content (AvgIpc) is 2.92. The van der Waals surface area contributed by atoms with E-state index in [2.05, 4.69) is 67.3 Å². The summed E-state index contributed by atoms with van der Waals surface area (Å²) in [7, 11) is 0. The van der Waals surface area contributed by atoms with Gasteiger partial charge in [0.2, 0.25) is 0 Å². The molecule has 20 heavy (non-hydrogen) atoms. The molecule has 1 saturated heterocycles. The van der Waals surface area contributed by atoms with Crippen molar-refractivity contribution in [2.75, 3.05) is 6.61 Å². The Morgan fingerprint density at radius 2 is 1.65 bits per heavy atom. The zero-order valence-electron chi connectivity index (χ0n) is 11.6. The Morgan fingerprint density at radius 1 is 1.00 bits per heavy atom. The van der Waals surface area contributed by atoms with Crippen LogP contribution in [0.3, 0.4) is 0 Å². The van der Waals surface area contributed by atoms with E-state index in [0.717, 1.165) is 13.0 Å². The van der Waals surface area contributed by atoms with Crippen LogP contribution in [-0.4, -0.2) is 6.61 Å². The fraction of sp³-hybridized carbons (Fsp3) is 0.263. The van der Waals surface area contributed by atoms with Gasteiger partial charge in [-0.05, 0) is 23.5 Å². The van der Waals surface area contributed by atoms with Crippen molar-refractivity contribution in [1.29, 1.82) is 0 Å². The van der Waals surface area contributed by atoms with Crippen LogP contribution in [0.4, 0.5) is 0 Å². The van der Waals surface area contributed by atoms with E-state index in [4.69, 9.17) is 4.74 Å². The van der Waals surface area contributed by atoms with Crippen molar-refractivity contribution in [2.45, 2.75) is 12.5 Å². The van der Waals surface area contributed by atoms with Crippen molar-refractivity contribution in [2.24, 2.45) is 11.8 Å². The molecule has 1 nitrogen and oxygen atoms in total. The maximum Gasteiger partial charge on any atom is 0.0891 e. The molecule has 0 aliphatic carbocycles. The van der Waals surface area contributed by atoms with Crippen LogP contribution in [0.15, 0.2) is 73.3 Å². The number of hydrogen-bond donors (Lipinski definition) is 0. The molecule has 2 aromatic rings. The monoisotopic (exact) mass is 264 g/mol. The van der Waals surface area contributed by atoms with Crippen molar-refractivity contribution < 1.29 is 4.74 Å². The number of ether oxygens (including phenoxy) is 1. The van der Waals surface area contributed by atoms with E-state index in [0.29, 0.717) is 11.8 Å². The zero-order valence-corrected chi connectivity index (χ0v) is 11.6. The number of benzene rings is 2. The maximum atomic E-state index is 6.06. The van der Waals surface area contributed by atoms with E-state index in [-0.39, 0.29) is 6.10 Å². The second kappa shape index (κ2) is 6.06. The summed E-state index contributed by atoms with van der Waals surface area (Å²) in [5, 5.41) is 0. The van der Waals surface area contributed by atoms with Crippen LogP contribution in [0.1, 0.15) is 17.2 Å². The van der Waals surface area contributed by atoms with Crippen LogP contribution >= 0.6 is 0 Å². The molecule has 1 aliphatic heterocycles. The predicted octanol–water partition coefficient (Wildman–Crippen LogP) is 4.42. The van der Waals surface area contributed by atoms with Gasteiger partial charge >= 0.3 is 0 Å². The SMILES string of the molecule is C=C[C@@H]1[C@@H](Cc2ccccc2)CO[C@H]1c1ccccc1. The molecule has 1 heterocycles. The highest BCUT2D eigenvalue weighted by atomic mass is 16.5. The molecule has 102 valence electrons. The number of hydrogen-bond acceptors (Lipinski definition) is 1. The highest BCUT2D eigenvalue weighted by Crippen LogP contribution is 2.40. The maximum absolute atomic E-state index is 6.06. The van der Waals surface area contributed by atoms with Crippen molar-refractivity contribution in [3.8, 4) is 0 Å². The first-order valence-electron chi connectivity index (χ1n) is 7.21. The molecule has 1 aliphatic rings. The quantitative estimate of drug-likeness (QED) is 0.743. The fourth-order valence-corrected chi connectivity index (χ4v) is 3.09. The van der Waals surface area contributed by atoms with E-state index in [1.807, 2.05) is 6.07 Å². The molecule has 0 unspecified atom stereocenters. The van der Waals surface area contributed by atoms with Crippen LogP contribution in [0, 0.1) is 11.8 Å². The molecule has 1 fully saturated rings. The first-order chi connectivity index (χ1) is 9.88. The molecule has 2 aromatic carbocycles. The topological polar surface area (TPSA) is 9.23 Å². The summed E-state index contributed by atoms with van der Waals surface area (Å²) >= 11 is 0. The highest BCUT2D eigenvalue weighted by Gasteiger charge is 2.35. The van der Waals surface area contributed by atoms with Gasteiger partial charge in [0.15, 0.2) is 0 Å². The zero-order chi connectivity index (χ0) is 13.8. The Balaban J connectivity index is 1.76. The molecule has 0 amide bonds. The Hall–Kier alpha value is -1.86. The predicted molar refractivity (Wildman–Crippen MR) is 82.5 cm³/mol. The Labute approximate surface area is 120 Å². The van der Waals surface area contributed by atoms with Crippen molar-refractivity contribution >= 4 is 0 Å². The van der Waals surface area contributed by atoms with Gasteiger partial charge in [0.1, 0.15) is 0 Å². The van der Waals surface area contributed by atoms with Crippen molar-refractivity contribution in [3.05, 3.63) is 84.4 Å². The molecule has 0 aromatic heterocycles. The summed E-state index contributed by atoms with van der Waals surface area (Å²) in [6.07, 6.45) is 3.28. The van der Waals surface area contributed by atoms with Gasteiger partial charge in [-0.15, -0.1) is 6.58 Å². The van der Waals surface area contributed by atoms with Gasteiger partial charge in [-0.25, -0.2) is 0 Å². The summed E-state index contributed by atoms with van der Waals surface area (Å²) in [5.41, 5.74) is 2.63. The third-order valence-corrected chi connectivity index (χ3v) is 4.12. The molecule has 3 atom stereocenters. The molecular formula is C19H20O. The number of rotatable bonds is 4. The standard InChI is InChI=1S/C19H20O/c1-2-18-17(13-15-9-5-3-6-10-15)14-20-19(18)16-11-7-4-8-12-16/h2-12,17-19H,1,13-14H2/t17-,18+,19-/m0/s1. The summed E-state index contributed by atoms with van der Waals surface area (Å²) < 4.78 is 6.06. The lowest BCUT2D eigenvalue weighted by molar-refractivity contribution is 0.0977. The van der Waals surface area contributed by atoms with Crippen LogP contribution in [-0.2, 0) is 11.2 Å². The first-order valence-corrected chi connectivity index (χ1v) is 7.21. The van der Waals surface area contributed by atoms with E-state index in [1.54, 1.807) is 0 Å². The third-order valence-electron chi connectivity index (χ3n) is 4.12. The molecule has 0 bridgehead atoms. The molecule has 1 heteroatoms. The van der Waals surface area contributed by atoms with Gasteiger partial charge in [0.05, 0.1) is 12.7 Å². The lowest BCUT2D eigenvalue weighted by Crippen LogP contribution is -2.15. The highest BCUT2D eigenvalue weighted by molar-refractivity contribution is 5.22. The summed E-state index contributed by atoms with van der Waals surface area (Å²) in [5.74, 6) is 0.901. The van der Waals surface area contributed by atoms with Crippen molar-refractivity contribution in [3.63, 3.8) is 0 Å². The Morgan fingerprint density at radius 3 is 2.30 bits per heavy atom. The van der Waals surface area contributed by atoms with Gasteiger partial charge in [0.25, 0.3) is 0 Å². The minimum atomic E-state index is 0.155. The minimum absolute atomic E-state index is 0.155. The van der Waals surface area contributed by atoms with Gasteiger partial charge in [-0.1, -0.05) is 66.7 Å². The summed E-state index contributed by atoms with van der Waals surface area (Å²) in [6, 6.07) is 21.1. The third kappa shape index (κ3) is 2.68. The summed E-state index contributed by atoms with van der Waals surface area (Å²) in [6.45, 7) is 4.84. The smallest absolute Gasteiger partial charge is 0.0891 e. The van der Waals surface area contributed by atoms with Gasteiger partial charge in [-0.2, -0.15) is 0 Å². The van der Waals surface area contributed by atoms with Crippen molar-refractivity contribution in [1.82, 2.24) is 0 Å². The normalized spacial score (nSPS) is 25.5. The first kappa shape index (κ1) is 13.1. The van der Waals surface area contributed by atoms with E-state index >= 15 is 0 Å².